The van der Waals surface area contributed by atoms with E-state index in [4.69, 9.17) is 5.73 Å². The van der Waals surface area contributed by atoms with Gasteiger partial charge in [0, 0.05) is 10.1 Å². The smallest absolute Gasteiger partial charge is 0.0738 e. The number of nitrogens with zero attached hydrogens (tertiary/aromatic N) is 2. The molecule has 1 heterocycles. The lowest BCUT2D eigenvalue weighted by molar-refractivity contribution is 0.559. The molecule has 2 N–H and O–H groups in total. The molecule has 1 atom stereocenters. The maximum Gasteiger partial charge on any atom is 0.0738 e. The Morgan fingerprint density at radius 1 is 1.39 bits per heavy atom. The lowest BCUT2D eigenvalue weighted by Gasteiger charge is -2.15. The van der Waals surface area contributed by atoms with Gasteiger partial charge in [0.05, 0.1) is 22.4 Å². The van der Waals surface area contributed by atoms with E-state index >= 15 is 0 Å². The van der Waals surface area contributed by atoms with E-state index in [-0.39, 0.29) is 6.04 Å². The number of aromatic nitrogens is 2. The molecule has 18 heavy (non-hydrogen) atoms. The lowest BCUT2D eigenvalue weighted by Crippen LogP contribution is -2.18. The highest BCUT2D eigenvalue weighted by Gasteiger charge is 2.17. The minimum absolute atomic E-state index is 0.148. The highest BCUT2D eigenvalue weighted by atomic mass is 127. The molecule has 0 spiro atoms. The van der Waals surface area contributed by atoms with E-state index in [2.05, 4.69) is 74.8 Å². The first-order valence-corrected chi connectivity index (χ1v) is 7.73. The van der Waals surface area contributed by atoms with E-state index in [9.17, 15) is 0 Å². The van der Waals surface area contributed by atoms with E-state index in [1.807, 2.05) is 10.9 Å². The molecular weight excluding hydrogens is 405 g/mol. The molecule has 0 radical (unpaired) electrons. The maximum atomic E-state index is 6.35. The predicted molar refractivity (Wildman–Crippen MR) is 85.4 cm³/mol. The van der Waals surface area contributed by atoms with Gasteiger partial charge in [0.1, 0.15) is 0 Å². The molecular formula is C13H15BrIN3. The maximum absolute atomic E-state index is 6.35. The van der Waals surface area contributed by atoms with Crippen LogP contribution in [0.2, 0.25) is 0 Å². The van der Waals surface area contributed by atoms with Crippen LogP contribution in [0.25, 0.3) is 0 Å². The second kappa shape index (κ2) is 6.16. The first kappa shape index (κ1) is 14.0. The zero-order chi connectivity index (χ0) is 13.1. The molecule has 0 amide bonds. The lowest BCUT2D eigenvalue weighted by atomic mass is 10.0. The average Bonchev–Trinajstić information content (AvgIpc) is 2.71. The molecule has 96 valence electrons. The summed E-state index contributed by atoms with van der Waals surface area (Å²) in [4.78, 5) is 0. The Morgan fingerprint density at radius 3 is 2.67 bits per heavy atom. The third-order valence-electron chi connectivity index (χ3n) is 2.79. The van der Waals surface area contributed by atoms with Crippen LogP contribution in [0.4, 0.5) is 0 Å². The van der Waals surface area contributed by atoms with Gasteiger partial charge < -0.3 is 5.73 Å². The third kappa shape index (κ3) is 2.95. The van der Waals surface area contributed by atoms with Crippen molar-refractivity contribution in [2.45, 2.75) is 25.9 Å². The van der Waals surface area contributed by atoms with Crippen molar-refractivity contribution in [1.82, 2.24) is 9.78 Å². The van der Waals surface area contributed by atoms with Crippen LogP contribution in [0.3, 0.4) is 0 Å². The standard InChI is InChI=1S/C13H15BrIN3/c1-2-7-18-13(11(14)8-17-18)12(16)9-3-5-10(15)6-4-9/h3-6,8,12H,2,7,16H2,1H3. The largest absolute Gasteiger partial charge is 0.319 e. The number of nitrogens with two attached hydrogens (primary N) is 1. The molecule has 0 aliphatic rings. The summed E-state index contributed by atoms with van der Waals surface area (Å²) < 4.78 is 4.17. The SMILES string of the molecule is CCCn1ncc(Br)c1C(N)c1ccc(I)cc1. The van der Waals surface area contributed by atoms with Gasteiger partial charge in [0.2, 0.25) is 0 Å². The molecule has 1 unspecified atom stereocenters. The van der Waals surface area contributed by atoms with Crippen LogP contribution in [0.1, 0.15) is 30.6 Å². The minimum Gasteiger partial charge on any atom is -0.319 e. The molecule has 1 aromatic heterocycles. The van der Waals surface area contributed by atoms with Crippen LogP contribution in [0.15, 0.2) is 34.9 Å². The summed E-state index contributed by atoms with van der Waals surface area (Å²) in [6, 6.07) is 8.14. The van der Waals surface area contributed by atoms with Gasteiger partial charge in [-0.3, -0.25) is 4.68 Å². The number of rotatable bonds is 4. The first-order valence-electron chi connectivity index (χ1n) is 5.85. The topological polar surface area (TPSA) is 43.8 Å². The second-order valence-corrected chi connectivity index (χ2v) is 6.23. The molecule has 0 bridgehead atoms. The predicted octanol–water partition coefficient (Wildman–Crippen LogP) is 3.71. The molecule has 0 aliphatic carbocycles. The van der Waals surface area contributed by atoms with E-state index in [0.717, 1.165) is 28.7 Å². The molecule has 1 aromatic carbocycles. The highest BCUT2D eigenvalue weighted by Crippen LogP contribution is 2.27. The summed E-state index contributed by atoms with van der Waals surface area (Å²) in [6.45, 7) is 3.02. The zero-order valence-electron chi connectivity index (χ0n) is 10.1. The van der Waals surface area contributed by atoms with Crippen molar-refractivity contribution in [2.75, 3.05) is 0 Å². The average molecular weight is 420 g/mol. The molecule has 0 saturated carbocycles. The summed E-state index contributed by atoms with van der Waals surface area (Å²) in [6.07, 6.45) is 2.86. The molecule has 2 rings (SSSR count). The number of benzene rings is 1. The summed E-state index contributed by atoms with van der Waals surface area (Å²) >= 11 is 5.83. The molecule has 0 aliphatic heterocycles. The van der Waals surface area contributed by atoms with Crippen molar-refractivity contribution in [2.24, 2.45) is 5.73 Å². The fourth-order valence-corrected chi connectivity index (χ4v) is 2.80. The van der Waals surface area contributed by atoms with Crippen molar-refractivity contribution < 1.29 is 0 Å². The summed E-state index contributed by atoms with van der Waals surface area (Å²) in [5.74, 6) is 0. The van der Waals surface area contributed by atoms with Gasteiger partial charge in [-0.25, -0.2) is 0 Å². The van der Waals surface area contributed by atoms with Gasteiger partial charge in [0.25, 0.3) is 0 Å². The van der Waals surface area contributed by atoms with Crippen LogP contribution in [0.5, 0.6) is 0 Å². The van der Waals surface area contributed by atoms with Crippen LogP contribution in [0, 0.1) is 3.57 Å². The summed E-state index contributed by atoms with van der Waals surface area (Å²) in [7, 11) is 0. The summed E-state index contributed by atoms with van der Waals surface area (Å²) in [5, 5.41) is 4.36. The highest BCUT2D eigenvalue weighted by molar-refractivity contribution is 14.1. The molecule has 2 aromatic rings. The minimum atomic E-state index is -0.148. The second-order valence-electron chi connectivity index (χ2n) is 4.13. The zero-order valence-corrected chi connectivity index (χ0v) is 13.8. The van der Waals surface area contributed by atoms with Gasteiger partial charge in [-0.15, -0.1) is 0 Å². The summed E-state index contributed by atoms with van der Waals surface area (Å²) in [5.41, 5.74) is 8.49. The van der Waals surface area contributed by atoms with E-state index < -0.39 is 0 Å². The van der Waals surface area contributed by atoms with Crippen LogP contribution < -0.4 is 5.73 Å². The Labute approximate surface area is 129 Å². The fourth-order valence-electron chi connectivity index (χ4n) is 1.90. The van der Waals surface area contributed by atoms with Crippen molar-refractivity contribution in [3.8, 4) is 0 Å². The first-order chi connectivity index (χ1) is 8.63. The molecule has 3 nitrogen and oxygen atoms in total. The molecule has 0 saturated heterocycles. The van der Waals surface area contributed by atoms with Crippen LogP contribution in [-0.2, 0) is 6.54 Å². The number of aryl methyl sites for hydroxylation is 1. The van der Waals surface area contributed by atoms with Crippen molar-refractivity contribution in [1.29, 1.82) is 0 Å². The molecule has 0 fully saturated rings. The van der Waals surface area contributed by atoms with Crippen LogP contribution >= 0.6 is 38.5 Å². The molecule has 5 heteroatoms. The monoisotopic (exact) mass is 419 g/mol. The van der Waals surface area contributed by atoms with Gasteiger partial charge in [-0.05, 0) is 62.6 Å². The Kier molecular flexibility index (Phi) is 4.80. The Bertz CT molecular complexity index is 522. The van der Waals surface area contributed by atoms with Gasteiger partial charge in [-0.1, -0.05) is 19.1 Å². The Morgan fingerprint density at radius 2 is 2.06 bits per heavy atom. The van der Waals surface area contributed by atoms with Gasteiger partial charge >= 0.3 is 0 Å². The number of hydrogen-bond acceptors (Lipinski definition) is 2. The Balaban J connectivity index is 2.35. The van der Waals surface area contributed by atoms with E-state index in [1.165, 1.54) is 3.57 Å². The van der Waals surface area contributed by atoms with Crippen molar-refractivity contribution in [3.63, 3.8) is 0 Å². The van der Waals surface area contributed by atoms with Crippen molar-refractivity contribution >= 4 is 38.5 Å². The Hall–Kier alpha value is -0.400. The fraction of sp³-hybridized carbons (Fsp3) is 0.308. The van der Waals surface area contributed by atoms with Crippen molar-refractivity contribution in [3.05, 3.63) is 49.8 Å². The number of hydrogen-bond donors (Lipinski definition) is 1. The third-order valence-corrected chi connectivity index (χ3v) is 4.12. The van der Waals surface area contributed by atoms with Gasteiger partial charge in [-0.2, -0.15) is 5.10 Å². The normalized spacial score (nSPS) is 12.7. The number of halogens is 2. The van der Waals surface area contributed by atoms with Gasteiger partial charge in [0.15, 0.2) is 0 Å². The quantitative estimate of drug-likeness (QED) is 0.767. The van der Waals surface area contributed by atoms with Crippen LogP contribution in [-0.4, -0.2) is 9.78 Å². The van der Waals surface area contributed by atoms with E-state index in [0.29, 0.717) is 0 Å². The van der Waals surface area contributed by atoms with E-state index in [1.54, 1.807) is 0 Å².